The van der Waals surface area contributed by atoms with E-state index in [0.29, 0.717) is 29.5 Å². The molecule has 2 bridgehead atoms. The van der Waals surface area contributed by atoms with Crippen molar-refractivity contribution in [2.75, 3.05) is 13.2 Å². The molecule has 0 unspecified atom stereocenters. The third-order valence-electron chi connectivity index (χ3n) is 4.73. The Hall–Kier alpha value is -0.410. The molecule has 3 nitrogen and oxygen atoms in total. The third kappa shape index (κ3) is 0.625. The lowest BCUT2D eigenvalue weighted by molar-refractivity contribution is -0.306. The summed E-state index contributed by atoms with van der Waals surface area (Å²) in [5, 5.41) is 0. The predicted molar refractivity (Wildman–Crippen MR) is 47.5 cm³/mol. The van der Waals surface area contributed by atoms with Gasteiger partial charge >= 0.3 is 0 Å². The van der Waals surface area contributed by atoms with Gasteiger partial charge < -0.3 is 9.47 Å². The number of hydrogen-bond donors (Lipinski definition) is 0. The molecule has 1 spiro atoms. The van der Waals surface area contributed by atoms with Crippen LogP contribution in [0.2, 0.25) is 0 Å². The van der Waals surface area contributed by atoms with E-state index in [-0.39, 0.29) is 5.79 Å². The molecule has 76 valence electrons. The van der Waals surface area contributed by atoms with E-state index in [2.05, 4.69) is 0 Å². The maximum Gasteiger partial charge on any atom is 0.175 e. The van der Waals surface area contributed by atoms with E-state index >= 15 is 0 Å². The van der Waals surface area contributed by atoms with Gasteiger partial charge in [-0.15, -0.1) is 0 Å². The fourth-order valence-corrected chi connectivity index (χ4v) is 4.23. The molecule has 0 aromatic carbocycles. The molecule has 4 rings (SSSR count). The summed E-state index contributed by atoms with van der Waals surface area (Å²) in [4.78, 5) is 11.9. The lowest BCUT2D eigenvalue weighted by atomic mass is 9.58. The third-order valence-corrected chi connectivity index (χ3v) is 4.73. The van der Waals surface area contributed by atoms with Crippen molar-refractivity contribution in [3.8, 4) is 0 Å². The van der Waals surface area contributed by atoms with Crippen LogP contribution >= 0.6 is 0 Å². The van der Waals surface area contributed by atoms with Crippen molar-refractivity contribution < 1.29 is 14.3 Å². The molecule has 0 aromatic rings. The summed E-state index contributed by atoms with van der Waals surface area (Å²) in [6, 6.07) is 0. The Morgan fingerprint density at radius 2 is 1.93 bits per heavy atom. The van der Waals surface area contributed by atoms with Crippen molar-refractivity contribution in [1.82, 2.24) is 0 Å². The number of Topliss-reactive ketones (excluding diaryl/α,β-unsaturated/α-hetero) is 1. The van der Waals surface area contributed by atoms with E-state index in [1.165, 1.54) is 0 Å². The zero-order valence-electron chi connectivity index (χ0n) is 8.07. The maximum absolute atomic E-state index is 11.9. The van der Waals surface area contributed by atoms with Crippen LogP contribution in [-0.4, -0.2) is 24.8 Å². The van der Waals surface area contributed by atoms with Gasteiger partial charge in [0, 0.05) is 23.7 Å². The molecule has 0 radical (unpaired) electrons. The molecule has 0 aromatic heterocycles. The van der Waals surface area contributed by atoms with E-state index in [0.717, 1.165) is 32.5 Å². The lowest BCUT2D eigenvalue weighted by Crippen LogP contribution is -2.63. The first-order chi connectivity index (χ1) is 6.83. The van der Waals surface area contributed by atoms with Crippen LogP contribution in [-0.2, 0) is 14.3 Å². The summed E-state index contributed by atoms with van der Waals surface area (Å²) in [6.07, 6.45) is 3.24. The molecule has 4 aliphatic rings. The Balaban J connectivity index is 1.77. The summed E-state index contributed by atoms with van der Waals surface area (Å²) < 4.78 is 11.6. The van der Waals surface area contributed by atoms with Gasteiger partial charge in [0.2, 0.25) is 0 Å². The number of ketones is 1. The van der Waals surface area contributed by atoms with E-state index < -0.39 is 0 Å². The monoisotopic (exact) mass is 194 g/mol. The van der Waals surface area contributed by atoms with Gasteiger partial charge in [0.25, 0.3) is 0 Å². The zero-order valence-corrected chi connectivity index (χ0v) is 8.07. The standard InChI is InChI=1S/C11H14O3/c12-10-6-1-2-7-9(10)8(5-6)11(7)13-3-4-14-11/h6-9H,1-5H2/t6-,7-,8+,9+/m1/s1. The second kappa shape index (κ2) is 2.22. The summed E-state index contributed by atoms with van der Waals surface area (Å²) in [6.45, 7) is 1.44. The Morgan fingerprint density at radius 1 is 1.14 bits per heavy atom. The van der Waals surface area contributed by atoms with Crippen molar-refractivity contribution in [2.45, 2.75) is 25.0 Å². The normalized spacial score (nSPS) is 52.4. The van der Waals surface area contributed by atoms with E-state index in [1.807, 2.05) is 0 Å². The Bertz CT molecular complexity index is 298. The minimum Gasteiger partial charge on any atom is -0.347 e. The quantitative estimate of drug-likeness (QED) is 0.576. The van der Waals surface area contributed by atoms with Crippen molar-refractivity contribution in [3.05, 3.63) is 0 Å². The number of carbonyl (C=O) groups excluding carboxylic acids is 1. The minimum atomic E-state index is -0.314. The molecule has 1 aliphatic heterocycles. The van der Waals surface area contributed by atoms with Crippen LogP contribution in [0.1, 0.15) is 19.3 Å². The number of fused-ring (bicyclic) bond motifs is 3. The summed E-state index contributed by atoms with van der Waals surface area (Å²) in [7, 11) is 0. The number of ether oxygens (including phenoxy) is 2. The van der Waals surface area contributed by atoms with Crippen LogP contribution < -0.4 is 0 Å². The van der Waals surface area contributed by atoms with Crippen LogP contribution in [0, 0.1) is 23.7 Å². The Kier molecular flexibility index (Phi) is 1.24. The maximum atomic E-state index is 11.9. The first-order valence-corrected chi connectivity index (χ1v) is 5.64. The zero-order chi connectivity index (χ0) is 9.34. The minimum absolute atomic E-state index is 0.298. The van der Waals surface area contributed by atoms with Gasteiger partial charge in [0.05, 0.1) is 13.2 Å². The fraction of sp³-hybridized carbons (Fsp3) is 0.909. The van der Waals surface area contributed by atoms with Gasteiger partial charge in [0.15, 0.2) is 5.79 Å². The Labute approximate surface area is 82.8 Å². The van der Waals surface area contributed by atoms with E-state index in [9.17, 15) is 4.79 Å². The van der Waals surface area contributed by atoms with Gasteiger partial charge in [-0.3, -0.25) is 4.79 Å². The van der Waals surface area contributed by atoms with Crippen molar-refractivity contribution in [3.63, 3.8) is 0 Å². The summed E-state index contributed by atoms with van der Waals surface area (Å²) in [5.74, 6) is 1.62. The molecule has 3 heteroatoms. The Morgan fingerprint density at radius 3 is 2.71 bits per heavy atom. The average Bonchev–Trinajstić information content (AvgIpc) is 2.65. The van der Waals surface area contributed by atoms with E-state index in [1.54, 1.807) is 0 Å². The van der Waals surface area contributed by atoms with Crippen LogP contribution in [0.3, 0.4) is 0 Å². The highest BCUT2D eigenvalue weighted by molar-refractivity contribution is 5.88. The highest BCUT2D eigenvalue weighted by Gasteiger charge is 2.73. The van der Waals surface area contributed by atoms with Crippen LogP contribution in [0.4, 0.5) is 0 Å². The van der Waals surface area contributed by atoms with Crippen molar-refractivity contribution >= 4 is 5.78 Å². The number of carbonyl (C=O) groups is 1. The largest absolute Gasteiger partial charge is 0.347 e. The molecule has 0 N–H and O–H groups in total. The van der Waals surface area contributed by atoms with Crippen molar-refractivity contribution in [2.24, 2.45) is 23.7 Å². The molecule has 4 atom stereocenters. The second-order valence-corrected chi connectivity index (χ2v) is 5.07. The van der Waals surface area contributed by atoms with Gasteiger partial charge in [-0.2, -0.15) is 0 Å². The molecular weight excluding hydrogens is 180 g/mol. The first-order valence-electron chi connectivity index (χ1n) is 5.64. The van der Waals surface area contributed by atoms with Crippen LogP contribution in [0.5, 0.6) is 0 Å². The summed E-state index contributed by atoms with van der Waals surface area (Å²) in [5.41, 5.74) is 0. The fourth-order valence-electron chi connectivity index (χ4n) is 4.23. The molecular formula is C11H14O3. The van der Waals surface area contributed by atoms with Gasteiger partial charge in [-0.05, 0) is 19.3 Å². The number of hydrogen-bond acceptors (Lipinski definition) is 3. The molecule has 3 aliphatic carbocycles. The highest BCUT2D eigenvalue weighted by atomic mass is 16.7. The SMILES string of the molecule is O=C1[C@@H]2CC[C@@H]3[C@H]1[C@H](C2)C31OCCO1. The van der Waals surface area contributed by atoms with Gasteiger partial charge in [0.1, 0.15) is 5.78 Å². The first kappa shape index (κ1) is 7.83. The topological polar surface area (TPSA) is 35.5 Å². The number of rotatable bonds is 0. The average molecular weight is 194 g/mol. The molecule has 3 saturated carbocycles. The smallest absolute Gasteiger partial charge is 0.175 e. The molecule has 4 fully saturated rings. The predicted octanol–water partition coefficient (Wildman–Crippen LogP) is 0.974. The van der Waals surface area contributed by atoms with Crippen LogP contribution in [0.25, 0.3) is 0 Å². The molecule has 1 saturated heterocycles. The van der Waals surface area contributed by atoms with Gasteiger partial charge in [-0.25, -0.2) is 0 Å². The molecule has 0 amide bonds. The molecule has 1 heterocycles. The lowest BCUT2D eigenvalue weighted by Gasteiger charge is -2.54. The summed E-state index contributed by atoms with van der Waals surface area (Å²) >= 11 is 0. The van der Waals surface area contributed by atoms with Crippen molar-refractivity contribution in [1.29, 1.82) is 0 Å². The van der Waals surface area contributed by atoms with Crippen LogP contribution in [0.15, 0.2) is 0 Å². The van der Waals surface area contributed by atoms with Gasteiger partial charge in [-0.1, -0.05) is 0 Å². The van der Waals surface area contributed by atoms with E-state index in [4.69, 9.17) is 9.47 Å². The highest BCUT2D eigenvalue weighted by Crippen LogP contribution is 2.66. The molecule has 14 heavy (non-hydrogen) atoms. The second-order valence-electron chi connectivity index (χ2n) is 5.07.